The molecule has 1 aliphatic heterocycles. The fraction of sp³-hybridized carbons (Fsp3) is 0.0204. The Hall–Kier alpha value is -6.64. The summed E-state index contributed by atoms with van der Waals surface area (Å²) in [5.41, 5.74) is 12.8. The molecule has 240 valence electrons. The van der Waals surface area contributed by atoms with E-state index in [-0.39, 0.29) is 0 Å². The van der Waals surface area contributed by atoms with Crippen LogP contribution in [0.15, 0.2) is 199 Å². The van der Waals surface area contributed by atoms with Crippen molar-refractivity contribution in [3.8, 4) is 44.9 Å². The largest absolute Gasteiger partial charge is 0.457 e. The van der Waals surface area contributed by atoms with Crippen molar-refractivity contribution in [2.75, 3.05) is 0 Å². The number of rotatable bonds is 5. The highest BCUT2D eigenvalue weighted by molar-refractivity contribution is 6.06. The number of para-hydroxylation sites is 2. The van der Waals surface area contributed by atoms with Crippen molar-refractivity contribution >= 4 is 21.9 Å². The molecule has 1 aromatic heterocycles. The molecular weight excluding hydrogens is 621 g/mol. The molecule has 0 spiro atoms. The quantitative estimate of drug-likeness (QED) is 0.185. The Kier molecular flexibility index (Phi) is 6.75. The molecule has 1 aliphatic rings. The van der Waals surface area contributed by atoms with Crippen molar-refractivity contribution in [1.29, 1.82) is 0 Å². The summed E-state index contributed by atoms with van der Waals surface area (Å²) in [6.07, 6.45) is 0. The molecule has 0 saturated heterocycles. The molecule has 2 nitrogen and oxygen atoms in total. The lowest BCUT2D eigenvalue weighted by molar-refractivity contribution is 0.435. The monoisotopic (exact) mass is 652 g/mol. The Balaban J connectivity index is 1.19. The van der Waals surface area contributed by atoms with Crippen LogP contribution < -0.4 is 4.74 Å². The van der Waals surface area contributed by atoms with Gasteiger partial charge in [-0.1, -0.05) is 146 Å². The first kappa shape index (κ1) is 29.3. The summed E-state index contributed by atoms with van der Waals surface area (Å²) >= 11 is 0. The molecule has 0 fully saturated rings. The third kappa shape index (κ3) is 4.72. The van der Waals surface area contributed by atoms with Gasteiger partial charge in [-0.05, 0) is 93.0 Å². The van der Waals surface area contributed by atoms with Crippen LogP contribution in [0.4, 0.5) is 0 Å². The first-order valence-electron chi connectivity index (χ1n) is 17.4. The molecule has 8 aromatic carbocycles. The third-order valence-corrected chi connectivity index (χ3v) is 10.4. The maximum absolute atomic E-state index is 6.84. The second-order valence-electron chi connectivity index (χ2n) is 13.3. The van der Waals surface area contributed by atoms with E-state index < -0.39 is 5.41 Å². The number of furan rings is 1. The van der Waals surface area contributed by atoms with Gasteiger partial charge in [0.1, 0.15) is 22.7 Å². The Bertz CT molecular complexity index is 2670. The van der Waals surface area contributed by atoms with Crippen molar-refractivity contribution in [2.24, 2.45) is 0 Å². The number of hydrogen-bond acceptors (Lipinski definition) is 2. The fourth-order valence-electron chi connectivity index (χ4n) is 8.05. The van der Waals surface area contributed by atoms with Crippen molar-refractivity contribution in [3.05, 3.63) is 216 Å². The van der Waals surface area contributed by atoms with E-state index in [0.717, 1.165) is 72.4 Å². The Labute approximate surface area is 296 Å². The van der Waals surface area contributed by atoms with Gasteiger partial charge in [-0.3, -0.25) is 0 Å². The van der Waals surface area contributed by atoms with Crippen LogP contribution in [0.1, 0.15) is 22.3 Å². The number of fused-ring (bicyclic) bond motifs is 5. The molecule has 0 unspecified atom stereocenters. The van der Waals surface area contributed by atoms with Crippen LogP contribution in [-0.4, -0.2) is 0 Å². The number of hydrogen-bond donors (Lipinski definition) is 0. The van der Waals surface area contributed by atoms with Gasteiger partial charge in [0.25, 0.3) is 0 Å². The second-order valence-corrected chi connectivity index (χ2v) is 13.3. The number of ether oxygens (including phenoxy) is 1. The maximum Gasteiger partial charge on any atom is 0.135 e. The Morgan fingerprint density at radius 2 is 0.843 bits per heavy atom. The van der Waals surface area contributed by atoms with E-state index in [0.29, 0.717) is 0 Å². The van der Waals surface area contributed by atoms with Crippen molar-refractivity contribution in [3.63, 3.8) is 0 Å². The van der Waals surface area contributed by atoms with E-state index in [1.54, 1.807) is 0 Å². The Morgan fingerprint density at radius 3 is 1.57 bits per heavy atom. The predicted octanol–water partition coefficient (Wildman–Crippen LogP) is 13.1. The summed E-state index contributed by atoms with van der Waals surface area (Å²) in [5, 5.41) is 2.25. The third-order valence-electron chi connectivity index (χ3n) is 10.4. The normalized spacial score (nSPS) is 13.0. The molecule has 10 rings (SSSR count). The Morgan fingerprint density at radius 1 is 0.314 bits per heavy atom. The standard InChI is InChI=1S/C49H32O2/c1-4-14-33(15-5-1)36-28-37(34-25-27-46-42(31-34)41-20-10-12-22-45(41)50-46)30-38(29-36)35-24-26-44-48(32-35)51-47-23-13-11-21-43(47)49(44,39-16-6-2-7-17-39)40-18-8-3-9-19-40/h1-32H. The van der Waals surface area contributed by atoms with Gasteiger partial charge in [0.2, 0.25) is 0 Å². The smallest absolute Gasteiger partial charge is 0.135 e. The van der Waals surface area contributed by atoms with Crippen LogP contribution in [0.3, 0.4) is 0 Å². The molecule has 0 amide bonds. The fourth-order valence-corrected chi connectivity index (χ4v) is 8.05. The molecule has 2 heterocycles. The minimum atomic E-state index is -0.551. The number of benzene rings is 8. The van der Waals surface area contributed by atoms with Crippen LogP contribution in [-0.2, 0) is 5.41 Å². The summed E-state index contributed by atoms with van der Waals surface area (Å²) in [4.78, 5) is 0. The highest BCUT2D eigenvalue weighted by atomic mass is 16.5. The molecule has 0 radical (unpaired) electrons. The highest BCUT2D eigenvalue weighted by Crippen LogP contribution is 2.55. The van der Waals surface area contributed by atoms with Crippen LogP contribution >= 0.6 is 0 Å². The van der Waals surface area contributed by atoms with E-state index in [9.17, 15) is 0 Å². The van der Waals surface area contributed by atoms with Gasteiger partial charge in [0.15, 0.2) is 0 Å². The van der Waals surface area contributed by atoms with Crippen molar-refractivity contribution < 1.29 is 9.15 Å². The predicted molar refractivity (Wildman–Crippen MR) is 208 cm³/mol. The zero-order valence-corrected chi connectivity index (χ0v) is 27.8. The summed E-state index contributed by atoms with van der Waals surface area (Å²) < 4.78 is 13.0. The van der Waals surface area contributed by atoms with Crippen LogP contribution in [0, 0.1) is 0 Å². The lowest BCUT2D eigenvalue weighted by Gasteiger charge is -2.41. The summed E-state index contributed by atoms with van der Waals surface area (Å²) in [5.74, 6) is 1.73. The topological polar surface area (TPSA) is 22.4 Å². The van der Waals surface area contributed by atoms with Gasteiger partial charge < -0.3 is 9.15 Å². The van der Waals surface area contributed by atoms with E-state index in [1.165, 1.54) is 16.7 Å². The minimum Gasteiger partial charge on any atom is -0.457 e. The average Bonchev–Trinajstić information content (AvgIpc) is 3.58. The highest BCUT2D eigenvalue weighted by Gasteiger charge is 2.45. The average molecular weight is 653 g/mol. The molecule has 0 bridgehead atoms. The molecule has 9 aromatic rings. The maximum atomic E-state index is 6.84. The van der Waals surface area contributed by atoms with Gasteiger partial charge >= 0.3 is 0 Å². The van der Waals surface area contributed by atoms with E-state index in [4.69, 9.17) is 9.15 Å². The SMILES string of the molecule is c1ccc(-c2cc(-c3ccc4c(c3)Oc3ccccc3C4(c3ccccc3)c3ccccc3)cc(-c3ccc4oc5ccccc5c4c3)c2)cc1. The van der Waals surface area contributed by atoms with Crippen LogP contribution in [0.2, 0.25) is 0 Å². The molecule has 0 N–H and O–H groups in total. The summed E-state index contributed by atoms with van der Waals surface area (Å²) in [7, 11) is 0. The second kappa shape index (κ2) is 11.8. The molecule has 0 aliphatic carbocycles. The molecular formula is C49H32O2. The molecule has 51 heavy (non-hydrogen) atoms. The minimum absolute atomic E-state index is 0.551. The van der Waals surface area contributed by atoms with Crippen LogP contribution in [0.5, 0.6) is 11.5 Å². The van der Waals surface area contributed by atoms with Gasteiger partial charge in [-0.2, -0.15) is 0 Å². The first-order valence-corrected chi connectivity index (χ1v) is 17.4. The summed E-state index contributed by atoms with van der Waals surface area (Å²) in [6.45, 7) is 0. The van der Waals surface area contributed by atoms with Gasteiger partial charge in [-0.25, -0.2) is 0 Å². The lowest BCUT2D eigenvalue weighted by atomic mass is 9.63. The van der Waals surface area contributed by atoms with E-state index in [2.05, 4.69) is 182 Å². The molecule has 0 saturated carbocycles. The van der Waals surface area contributed by atoms with Crippen LogP contribution in [0.25, 0.3) is 55.3 Å². The zero-order chi connectivity index (χ0) is 33.8. The van der Waals surface area contributed by atoms with Crippen molar-refractivity contribution in [1.82, 2.24) is 0 Å². The van der Waals surface area contributed by atoms with Gasteiger partial charge in [0.05, 0.1) is 5.41 Å². The lowest BCUT2D eigenvalue weighted by Crippen LogP contribution is -2.34. The summed E-state index contributed by atoms with van der Waals surface area (Å²) in [6, 6.07) is 69.2. The molecule has 0 atom stereocenters. The molecule has 2 heteroatoms. The van der Waals surface area contributed by atoms with Gasteiger partial charge in [-0.15, -0.1) is 0 Å². The van der Waals surface area contributed by atoms with Crippen molar-refractivity contribution in [2.45, 2.75) is 5.41 Å². The van der Waals surface area contributed by atoms with E-state index >= 15 is 0 Å². The van der Waals surface area contributed by atoms with Gasteiger partial charge in [0, 0.05) is 21.9 Å². The van der Waals surface area contributed by atoms with E-state index in [1.807, 2.05) is 12.1 Å². The first-order chi connectivity index (χ1) is 25.3. The zero-order valence-electron chi connectivity index (χ0n) is 27.8.